The molecule has 0 saturated carbocycles. The van der Waals surface area contributed by atoms with Gasteiger partial charge in [-0.3, -0.25) is 4.79 Å². The SMILES string of the molecule is C=CC(=O)Nc1cc(Oc2ncnc3[nH]c(-c4ccc(NCCO)cc4)cc23)ccc1F. The van der Waals surface area contributed by atoms with Crippen LogP contribution in [0, 0.1) is 5.82 Å². The number of hydrogen-bond acceptors (Lipinski definition) is 6. The number of nitrogens with zero attached hydrogens (tertiary/aromatic N) is 2. The maximum atomic E-state index is 14.0. The Morgan fingerprint density at radius 2 is 2.00 bits per heavy atom. The number of ether oxygens (including phenoxy) is 1. The van der Waals surface area contributed by atoms with Crippen LogP contribution in [0.15, 0.2) is 67.5 Å². The number of carbonyl (C=O) groups excluding carboxylic acids is 1. The average molecular weight is 433 g/mol. The largest absolute Gasteiger partial charge is 0.438 e. The summed E-state index contributed by atoms with van der Waals surface area (Å²) >= 11 is 0. The molecule has 0 saturated heterocycles. The first-order valence-electron chi connectivity index (χ1n) is 9.77. The number of aliphatic hydroxyl groups is 1. The molecule has 32 heavy (non-hydrogen) atoms. The monoisotopic (exact) mass is 433 g/mol. The number of fused-ring (bicyclic) bond motifs is 1. The summed E-state index contributed by atoms with van der Waals surface area (Å²) in [5, 5.41) is 15.1. The van der Waals surface area contributed by atoms with Gasteiger partial charge in [0.05, 0.1) is 17.7 Å². The van der Waals surface area contributed by atoms with Crippen molar-refractivity contribution in [3.63, 3.8) is 0 Å². The standard InChI is InChI=1S/C23H20FN5O3/c1-2-21(31)28-20-11-16(7-8-18(20)24)32-23-17-12-19(29-22(17)26-13-27-23)14-3-5-15(6-4-14)25-9-10-30/h2-8,11-13,25,30H,1,9-10H2,(H,28,31)(H,26,27,29). The van der Waals surface area contributed by atoms with Crippen LogP contribution < -0.4 is 15.4 Å². The maximum Gasteiger partial charge on any atom is 0.247 e. The van der Waals surface area contributed by atoms with Crippen LogP contribution in [0.4, 0.5) is 15.8 Å². The van der Waals surface area contributed by atoms with Crippen molar-refractivity contribution in [2.45, 2.75) is 0 Å². The fourth-order valence-corrected chi connectivity index (χ4v) is 3.08. The number of aromatic nitrogens is 3. The summed E-state index contributed by atoms with van der Waals surface area (Å²) in [7, 11) is 0. The second-order valence-corrected chi connectivity index (χ2v) is 6.79. The van der Waals surface area contributed by atoms with Crippen molar-refractivity contribution in [3.05, 3.63) is 73.3 Å². The number of nitrogens with one attached hydrogen (secondary N) is 3. The molecule has 0 aliphatic heterocycles. The van der Waals surface area contributed by atoms with Gasteiger partial charge in [-0.25, -0.2) is 14.4 Å². The Balaban J connectivity index is 1.61. The molecule has 0 radical (unpaired) electrons. The number of hydrogen-bond donors (Lipinski definition) is 4. The molecule has 4 aromatic rings. The van der Waals surface area contributed by atoms with E-state index in [0.717, 1.165) is 23.0 Å². The second-order valence-electron chi connectivity index (χ2n) is 6.79. The molecule has 0 aliphatic rings. The van der Waals surface area contributed by atoms with E-state index in [2.05, 4.69) is 32.2 Å². The average Bonchev–Trinajstić information content (AvgIpc) is 3.25. The number of rotatable bonds is 8. The van der Waals surface area contributed by atoms with Crippen LogP contribution in [0.1, 0.15) is 0 Å². The molecule has 9 heteroatoms. The lowest BCUT2D eigenvalue weighted by atomic mass is 10.1. The van der Waals surface area contributed by atoms with E-state index in [1.165, 1.54) is 24.5 Å². The highest BCUT2D eigenvalue weighted by molar-refractivity contribution is 5.99. The smallest absolute Gasteiger partial charge is 0.247 e. The number of amides is 1. The molecule has 0 bridgehead atoms. The van der Waals surface area contributed by atoms with Gasteiger partial charge in [-0.1, -0.05) is 18.7 Å². The van der Waals surface area contributed by atoms with Gasteiger partial charge in [-0.2, -0.15) is 0 Å². The summed E-state index contributed by atoms with van der Waals surface area (Å²) < 4.78 is 19.9. The molecule has 0 atom stereocenters. The summed E-state index contributed by atoms with van der Waals surface area (Å²) in [6.45, 7) is 3.89. The van der Waals surface area contributed by atoms with E-state index in [1.807, 2.05) is 30.3 Å². The van der Waals surface area contributed by atoms with Crippen LogP contribution in [-0.2, 0) is 4.79 Å². The molecule has 2 aromatic carbocycles. The fourth-order valence-electron chi connectivity index (χ4n) is 3.08. The highest BCUT2D eigenvalue weighted by atomic mass is 19.1. The third kappa shape index (κ3) is 4.57. The Bertz CT molecular complexity index is 1270. The molecule has 2 aromatic heterocycles. The minimum Gasteiger partial charge on any atom is -0.438 e. The maximum absolute atomic E-state index is 14.0. The van der Waals surface area contributed by atoms with Crippen LogP contribution in [0.25, 0.3) is 22.3 Å². The number of aliphatic hydroxyl groups excluding tert-OH is 1. The van der Waals surface area contributed by atoms with E-state index >= 15 is 0 Å². The molecule has 4 rings (SSSR count). The zero-order valence-corrected chi connectivity index (χ0v) is 16.9. The van der Waals surface area contributed by atoms with Gasteiger partial charge >= 0.3 is 0 Å². The van der Waals surface area contributed by atoms with Crippen molar-refractivity contribution in [1.82, 2.24) is 15.0 Å². The first-order chi connectivity index (χ1) is 15.6. The highest BCUT2D eigenvalue weighted by Crippen LogP contribution is 2.32. The third-order valence-corrected chi connectivity index (χ3v) is 4.62. The predicted octanol–water partition coefficient (Wildman–Crippen LogP) is 4.09. The van der Waals surface area contributed by atoms with Crippen LogP contribution >= 0.6 is 0 Å². The van der Waals surface area contributed by atoms with E-state index in [9.17, 15) is 9.18 Å². The summed E-state index contributed by atoms with van der Waals surface area (Å²) in [6, 6.07) is 13.6. The third-order valence-electron chi connectivity index (χ3n) is 4.62. The second kappa shape index (κ2) is 9.27. The minimum absolute atomic E-state index is 0.0256. The molecule has 4 N–H and O–H groups in total. The topological polar surface area (TPSA) is 112 Å². The van der Waals surface area contributed by atoms with Crippen LogP contribution in [0.3, 0.4) is 0 Å². The first kappa shape index (κ1) is 21.0. The molecule has 8 nitrogen and oxygen atoms in total. The normalized spacial score (nSPS) is 10.7. The van der Waals surface area contributed by atoms with Gasteiger partial charge < -0.3 is 25.5 Å². The lowest BCUT2D eigenvalue weighted by molar-refractivity contribution is -0.111. The Morgan fingerprint density at radius 1 is 1.19 bits per heavy atom. The van der Waals surface area contributed by atoms with E-state index < -0.39 is 11.7 Å². The van der Waals surface area contributed by atoms with Crippen molar-refractivity contribution in [3.8, 4) is 22.9 Å². The number of anilines is 2. The van der Waals surface area contributed by atoms with Crippen molar-refractivity contribution in [1.29, 1.82) is 0 Å². The van der Waals surface area contributed by atoms with Crippen molar-refractivity contribution < 1.29 is 19.0 Å². The van der Waals surface area contributed by atoms with Crippen molar-refractivity contribution in [2.75, 3.05) is 23.8 Å². The number of benzene rings is 2. The summed E-state index contributed by atoms with van der Waals surface area (Å²) in [4.78, 5) is 23.2. The van der Waals surface area contributed by atoms with E-state index in [0.29, 0.717) is 23.3 Å². The molecule has 0 spiro atoms. The number of halogens is 1. The minimum atomic E-state index is -0.596. The zero-order chi connectivity index (χ0) is 22.5. The highest BCUT2D eigenvalue weighted by Gasteiger charge is 2.13. The lowest BCUT2D eigenvalue weighted by Gasteiger charge is -2.09. The Morgan fingerprint density at radius 3 is 2.75 bits per heavy atom. The van der Waals surface area contributed by atoms with Gasteiger partial charge in [-0.15, -0.1) is 0 Å². The molecule has 0 fully saturated rings. The molecule has 162 valence electrons. The van der Waals surface area contributed by atoms with Crippen LogP contribution in [0.5, 0.6) is 11.6 Å². The van der Waals surface area contributed by atoms with Gasteiger partial charge in [0.2, 0.25) is 11.8 Å². The van der Waals surface area contributed by atoms with Crippen LogP contribution in [0.2, 0.25) is 0 Å². The van der Waals surface area contributed by atoms with Gasteiger partial charge in [-0.05, 0) is 42.0 Å². The summed E-state index contributed by atoms with van der Waals surface area (Å²) in [6.07, 6.45) is 2.42. The van der Waals surface area contributed by atoms with E-state index in [4.69, 9.17) is 9.84 Å². The fraction of sp³-hybridized carbons (Fsp3) is 0.0870. The summed E-state index contributed by atoms with van der Waals surface area (Å²) in [5.74, 6) is -0.543. The van der Waals surface area contributed by atoms with Gasteiger partial charge in [0.15, 0.2) is 0 Å². The number of H-pyrrole nitrogens is 1. The Hall–Kier alpha value is -4.24. The first-order valence-corrected chi connectivity index (χ1v) is 9.77. The zero-order valence-electron chi connectivity index (χ0n) is 16.9. The lowest BCUT2D eigenvalue weighted by Crippen LogP contribution is -2.08. The van der Waals surface area contributed by atoms with Gasteiger partial charge in [0.1, 0.15) is 23.5 Å². The predicted molar refractivity (Wildman–Crippen MR) is 120 cm³/mol. The molecular weight excluding hydrogens is 413 g/mol. The van der Waals surface area contributed by atoms with E-state index in [-0.39, 0.29) is 18.2 Å². The molecule has 2 heterocycles. The number of aromatic amines is 1. The van der Waals surface area contributed by atoms with Crippen molar-refractivity contribution >= 4 is 28.3 Å². The Kier molecular flexibility index (Phi) is 6.09. The molecule has 0 unspecified atom stereocenters. The van der Waals surface area contributed by atoms with E-state index in [1.54, 1.807) is 0 Å². The summed E-state index contributed by atoms with van der Waals surface area (Å²) in [5.41, 5.74) is 3.20. The molecular formula is C23H20FN5O3. The van der Waals surface area contributed by atoms with Crippen molar-refractivity contribution in [2.24, 2.45) is 0 Å². The van der Waals surface area contributed by atoms with Gasteiger partial charge in [0.25, 0.3) is 0 Å². The van der Waals surface area contributed by atoms with Crippen LogP contribution in [-0.4, -0.2) is 39.1 Å². The number of carbonyl (C=O) groups is 1. The Labute approximate surface area is 182 Å². The quantitative estimate of drug-likeness (QED) is 0.312. The molecule has 0 aliphatic carbocycles. The molecule has 1 amide bonds. The van der Waals surface area contributed by atoms with Gasteiger partial charge in [0, 0.05) is 24.0 Å².